The lowest BCUT2D eigenvalue weighted by Crippen LogP contribution is -1.85. The average Bonchev–Trinajstić information content (AvgIpc) is 2.29. The number of aromatic hydroxyl groups is 2. The third-order valence-corrected chi connectivity index (χ3v) is 2.45. The average molecular weight is 234 g/mol. The number of hydrogen-bond acceptors (Lipinski definition) is 3. The van der Waals surface area contributed by atoms with Gasteiger partial charge in [-0.1, -0.05) is 6.07 Å². The van der Waals surface area contributed by atoms with E-state index in [1.807, 2.05) is 0 Å². The first-order valence-electron chi connectivity index (χ1n) is 4.97. The predicted octanol–water partition coefficient (Wildman–Crippen LogP) is 2.91. The molecule has 0 unspecified atom stereocenters. The summed E-state index contributed by atoms with van der Waals surface area (Å²) >= 11 is 0. The van der Waals surface area contributed by atoms with Gasteiger partial charge in [-0.3, -0.25) is 0 Å². The van der Waals surface area contributed by atoms with Gasteiger partial charge in [0.2, 0.25) is 0 Å². The molecule has 0 radical (unpaired) electrons. The standard InChI is InChI=1S/C13H11FO3/c1-17-13-5-2-8(6-12(13)16)10-4-3-9(14)7-11(10)15/h2-7,15-16H,1H3. The molecule has 0 aliphatic rings. The van der Waals surface area contributed by atoms with Crippen LogP contribution >= 0.6 is 0 Å². The monoisotopic (exact) mass is 234 g/mol. The van der Waals surface area contributed by atoms with E-state index in [-0.39, 0.29) is 11.5 Å². The zero-order valence-corrected chi connectivity index (χ0v) is 9.14. The van der Waals surface area contributed by atoms with Crippen molar-refractivity contribution in [2.75, 3.05) is 7.11 Å². The van der Waals surface area contributed by atoms with Crippen molar-refractivity contribution in [2.24, 2.45) is 0 Å². The smallest absolute Gasteiger partial charge is 0.160 e. The fourth-order valence-corrected chi connectivity index (χ4v) is 1.61. The lowest BCUT2D eigenvalue weighted by atomic mass is 10.0. The van der Waals surface area contributed by atoms with Crippen LogP contribution in [-0.4, -0.2) is 17.3 Å². The molecule has 0 aliphatic heterocycles. The zero-order chi connectivity index (χ0) is 12.4. The molecule has 17 heavy (non-hydrogen) atoms. The highest BCUT2D eigenvalue weighted by Gasteiger charge is 2.08. The molecule has 0 bridgehead atoms. The second-order valence-electron chi connectivity index (χ2n) is 3.55. The third-order valence-electron chi connectivity index (χ3n) is 2.45. The molecule has 0 atom stereocenters. The summed E-state index contributed by atoms with van der Waals surface area (Å²) in [7, 11) is 1.45. The van der Waals surface area contributed by atoms with E-state index in [0.29, 0.717) is 16.9 Å². The van der Waals surface area contributed by atoms with Crippen molar-refractivity contribution in [1.82, 2.24) is 0 Å². The summed E-state index contributed by atoms with van der Waals surface area (Å²) in [6, 6.07) is 8.42. The van der Waals surface area contributed by atoms with Gasteiger partial charge in [0.15, 0.2) is 11.5 Å². The minimum absolute atomic E-state index is 0.0336. The predicted molar refractivity (Wildman–Crippen MR) is 61.7 cm³/mol. The van der Waals surface area contributed by atoms with Crippen LogP contribution in [0.5, 0.6) is 17.2 Å². The number of benzene rings is 2. The summed E-state index contributed by atoms with van der Waals surface area (Å²) in [4.78, 5) is 0. The topological polar surface area (TPSA) is 49.7 Å². The molecule has 4 heteroatoms. The first-order chi connectivity index (χ1) is 8.11. The van der Waals surface area contributed by atoms with E-state index >= 15 is 0 Å². The van der Waals surface area contributed by atoms with Gasteiger partial charge in [-0.05, 0) is 29.8 Å². The maximum atomic E-state index is 12.8. The Morgan fingerprint density at radius 2 is 1.76 bits per heavy atom. The van der Waals surface area contributed by atoms with Crippen LogP contribution in [0.2, 0.25) is 0 Å². The van der Waals surface area contributed by atoms with Crippen LogP contribution in [0.4, 0.5) is 4.39 Å². The van der Waals surface area contributed by atoms with Crippen molar-refractivity contribution in [3.63, 3.8) is 0 Å². The van der Waals surface area contributed by atoms with Crippen molar-refractivity contribution in [2.45, 2.75) is 0 Å². The molecule has 2 rings (SSSR count). The largest absolute Gasteiger partial charge is 0.507 e. The minimum Gasteiger partial charge on any atom is -0.507 e. The summed E-state index contributed by atoms with van der Waals surface area (Å²) in [6.07, 6.45) is 0. The van der Waals surface area contributed by atoms with Crippen molar-refractivity contribution >= 4 is 0 Å². The highest BCUT2D eigenvalue weighted by atomic mass is 19.1. The SMILES string of the molecule is COc1ccc(-c2ccc(F)cc2O)cc1O. The molecule has 2 N–H and O–H groups in total. The Hall–Kier alpha value is -2.23. The number of methoxy groups -OCH3 is 1. The molecule has 2 aromatic rings. The van der Waals surface area contributed by atoms with Crippen LogP contribution in [-0.2, 0) is 0 Å². The summed E-state index contributed by atoms with van der Waals surface area (Å²) in [5.41, 5.74) is 1.03. The highest BCUT2D eigenvalue weighted by Crippen LogP contribution is 2.35. The quantitative estimate of drug-likeness (QED) is 0.839. The molecular weight excluding hydrogens is 223 g/mol. The molecule has 3 nitrogen and oxygen atoms in total. The summed E-state index contributed by atoms with van der Waals surface area (Å²) in [5, 5.41) is 19.2. The molecule has 0 saturated carbocycles. The first kappa shape index (κ1) is 11.3. The lowest BCUT2D eigenvalue weighted by molar-refractivity contribution is 0.373. The van der Waals surface area contributed by atoms with E-state index in [1.54, 1.807) is 12.1 Å². The van der Waals surface area contributed by atoms with E-state index in [0.717, 1.165) is 6.07 Å². The van der Waals surface area contributed by atoms with Crippen molar-refractivity contribution in [3.8, 4) is 28.4 Å². The number of rotatable bonds is 2. The molecule has 88 valence electrons. The Bertz CT molecular complexity index is 552. The molecule has 2 aromatic carbocycles. The van der Waals surface area contributed by atoms with Crippen molar-refractivity contribution in [1.29, 1.82) is 0 Å². The maximum absolute atomic E-state index is 12.8. The number of halogens is 1. The number of phenols is 2. The van der Waals surface area contributed by atoms with Gasteiger partial charge < -0.3 is 14.9 Å². The maximum Gasteiger partial charge on any atom is 0.160 e. The van der Waals surface area contributed by atoms with Crippen LogP contribution in [0, 0.1) is 5.82 Å². The van der Waals surface area contributed by atoms with Crippen molar-refractivity contribution < 1.29 is 19.3 Å². The van der Waals surface area contributed by atoms with Crippen LogP contribution in [0.15, 0.2) is 36.4 Å². The van der Waals surface area contributed by atoms with Gasteiger partial charge in [0.25, 0.3) is 0 Å². The van der Waals surface area contributed by atoms with Gasteiger partial charge in [-0.25, -0.2) is 4.39 Å². The van der Waals surface area contributed by atoms with E-state index in [2.05, 4.69) is 0 Å². The second-order valence-corrected chi connectivity index (χ2v) is 3.55. The molecule has 0 fully saturated rings. The normalized spacial score (nSPS) is 10.2. The third kappa shape index (κ3) is 2.15. The van der Waals surface area contributed by atoms with Gasteiger partial charge in [0.05, 0.1) is 7.11 Å². The number of hydrogen-bond donors (Lipinski definition) is 2. The van der Waals surface area contributed by atoms with E-state index in [1.165, 1.54) is 25.3 Å². The van der Waals surface area contributed by atoms with Gasteiger partial charge >= 0.3 is 0 Å². The van der Waals surface area contributed by atoms with E-state index in [9.17, 15) is 14.6 Å². The Labute approximate surface area is 97.7 Å². The molecular formula is C13H11FO3. The number of phenolic OH excluding ortho intramolecular Hbond substituents is 2. The van der Waals surface area contributed by atoms with E-state index < -0.39 is 5.82 Å². The van der Waals surface area contributed by atoms with E-state index in [4.69, 9.17) is 4.74 Å². The van der Waals surface area contributed by atoms with Gasteiger partial charge in [-0.2, -0.15) is 0 Å². The minimum atomic E-state index is -0.510. The van der Waals surface area contributed by atoms with Crippen LogP contribution in [0.1, 0.15) is 0 Å². The molecule has 0 aromatic heterocycles. The molecule has 0 amide bonds. The summed E-state index contributed by atoms with van der Waals surface area (Å²) < 4.78 is 17.7. The lowest BCUT2D eigenvalue weighted by Gasteiger charge is -2.08. The fourth-order valence-electron chi connectivity index (χ4n) is 1.61. The van der Waals surface area contributed by atoms with Gasteiger partial charge in [0, 0.05) is 11.6 Å². The molecule has 0 saturated heterocycles. The summed E-state index contributed by atoms with van der Waals surface area (Å²) in [5.74, 6) is -0.373. The Morgan fingerprint density at radius 1 is 1.00 bits per heavy atom. The van der Waals surface area contributed by atoms with Gasteiger partial charge in [0.1, 0.15) is 11.6 Å². The Kier molecular flexibility index (Phi) is 2.87. The fraction of sp³-hybridized carbons (Fsp3) is 0.0769. The molecule has 0 aliphatic carbocycles. The Balaban J connectivity index is 2.50. The first-order valence-corrected chi connectivity index (χ1v) is 4.97. The summed E-state index contributed by atoms with van der Waals surface area (Å²) in [6.45, 7) is 0. The van der Waals surface area contributed by atoms with Crippen LogP contribution in [0.3, 0.4) is 0 Å². The van der Waals surface area contributed by atoms with Crippen LogP contribution in [0.25, 0.3) is 11.1 Å². The van der Waals surface area contributed by atoms with Crippen LogP contribution < -0.4 is 4.74 Å². The second kappa shape index (κ2) is 4.33. The highest BCUT2D eigenvalue weighted by molar-refractivity contribution is 5.72. The molecule has 0 spiro atoms. The molecule has 0 heterocycles. The van der Waals surface area contributed by atoms with Crippen molar-refractivity contribution in [3.05, 3.63) is 42.2 Å². The zero-order valence-electron chi connectivity index (χ0n) is 9.14. The Morgan fingerprint density at radius 3 is 2.35 bits per heavy atom. The van der Waals surface area contributed by atoms with Gasteiger partial charge in [-0.15, -0.1) is 0 Å². The number of ether oxygens (including phenoxy) is 1.